The number of likely N-dealkylation sites (tertiary alicyclic amines) is 1. The Morgan fingerprint density at radius 1 is 1.21 bits per heavy atom. The third kappa shape index (κ3) is 3.47. The van der Waals surface area contributed by atoms with E-state index >= 15 is 0 Å². The van der Waals surface area contributed by atoms with Crippen LogP contribution in [0.1, 0.15) is 32.6 Å². The predicted octanol–water partition coefficient (Wildman–Crippen LogP) is 0.786. The molecule has 2 aliphatic heterocycles. The molecule has 2 rings (SSSR count). The first-order valence-electron chi connectivity index (χ1n) is 7.21. The lowest BCUT2D eigenvalue weighted by Gasteiger charge is -2.35. The van der Waals surface area contributed by atoms with Crippen LogP contribution in [0.5, 0.6) is 0 Å². The summed E-state index contributed by atoms with van der Waals surface area (Å²) in [5, 5.41) is 3.31. The highest BCUT2D eigenvalue weighted by atomic mass is 16.5. The van der Waals surface area contributed by atoms with Crippen molar-refractivity contribution in [2.45, 2.75) is 38.6 Å². The lowest BCUT2D eigenvalue weighted by atomic mass is 9.92. The Morgan fingerprint density at radius 3 is 2.47 bits per heavy atom. The minimum absolute atomic E-state index is 0.0292. The molecular formula is C14H24N2O3. The molecule has 0 aromatic rings. The molecule has 0 aromatic carbocycles. The van der Waals surface area contributed by atoms with Gasteiger partial charge in [0.05, 0.1) is 19.1 Å². The van der Waals surface area contributed by atoms with E-state index in [0.29, 0.717) is 19.0 Å². The number of hydrogen-bond acceptors (Lipinski definition) is 4. The number of methoxy groups -OCH3 is 1. The second kappa shape index (κ2) is 6.37. The third-order valence-corrected chi connectivity index (χ3v) is 4.31. The number of piperidine rings is 2. The molecular weight excluding hydrogens is 244 g/mol. The van der Waals surface area contributed by atoms with Crippen LogP contribution in [0.3, 0.4) is 0 Å². The lowest BCUT2D eigenvalue weighted by molar-refractivity contribution is -0.149. The summed E-state index contributed by atoms with van der Waals surface area (Å²) in [5.74, 6) is 0.640. The number of rotatable bonds is 2. The van der Waals surface area contributed by atoms with Crippen LogP contribution >= 0.6 is 0 Å². The topological polar surface area (TPSA) is 58.6 Å². The second-order valence-corrected chi connectivity index (χ2v) is 5.76. The molecule has 0 aliphatic carbocycles. The highest BCUT2D eigenvalue weighted by Crippen LogP contribution is 2.22. The molecule has 2 saturated heterocycles. The van der Waals surface area contributed by atoms with Crippen LogP contribution in [0.4, 0.5) is 0 Å². The van der Waals surface area contributed by atoms with E-state index in [-0.39, 0.29) is 23.8 Å². The molecule has 19 heavy (non-hydrogen) atoms. The number of nitrogens with zero attached hydrogens (tertiary/aromatic N) is 1. The van der Waals surface area contributed by atoms with E-state index in [1.165, 1.54) is 7.11 Å². The molecule has 0 bridgehead atoms. The highest BCUT2D eigenvalue weighted by Gasteiger charge is 2.32. The van der Waals surface area contributed by atoms with Gasteiger partial charge in [0.1, 0.15) is 0 Å². The maximum atomic E-state index is 12.4. The van der Waals surface area contributed by atoms with Gasteiger partial charge in [0.2, 0.25) is 5.91 Å². The van der Waals surface area contributed by atoms with Crippen LogP contribution in [0.2, 0.25) is 0 Å². The number of nitrogens with one attached hydrogen (secondary N) is 1. The Morgan fingerprint density at radius 2 is 1.89 bits per heavy atom. The Kier molecular flexibility index (Phi) is 4.80. The first-order chi connectivity index (χ1) is 9.11. The zero-order chi connectivity index (χ0) is 13.8. The van der Waals surface area contributed by atoms with Crippen LogP contribution in [0, 0.1) is 11.8 Å². The molecule has 5 nitrogen and oxygen atoms in total. The molecule has 5 heteroatoms. The average molecular weight is 268 g/mol. The molecule has 2 aliphatic rings. The molecule has 2 unspecified atom stereocenters. The van der Waals surface area contributed by atoms with Gasteiger partial charge in [-0.2, -0.15) is 0 Å². The zero-order valence-corrected chi connectivity index (χ0v) is 11.9. The van der Waals surface area contributed by atoms with Gasteiger partial charge < -0.3 is 15.0 Å². The molecule has 2 fully saturated rings. The van der Waals surface area contributed by atoms with Crippen molar-refractivity contribution in [1.29, 1.82) is 0 Å². The summed E-state index contributed by atoms with van der Waals surface area (Å²) in [5.41, 5.74) is 0. The number of carbonyl (C=O) groups excluding carboxylic acids is 2. The van der Waals surface area contributed by atoms with Crippen LogP contribution in [-0.2, 0) is 14.3 Å². The first kappa shape index (κ1) is 14.3. The normalized spacial score (nSPS) is 29.1. The molecule has 0 saturated carbocycles. The summed E-state index contributed by atoms with van der Waals surface area (Å²) in [6, 6.07) is -0.0292. The van der Waals surface area contributed by atoms with E-state index in [4.69, 9.17) is 4.74 Å². The largest absolute Gasteiger partial charge is 0.469 e. The molecule has 1 N–H and O–H groups in total. The van der Waals surface area contributed by atoms with Crippen molar-refractivity contribution < 1.29 is 14.3 Å². The van der Waals surface area contributed by atoms with Gasteiger partial charge in [-0.25, -0.2) is 0 Å². The molecule has 0 radical (unpaired) electrons. The van der Waals surface area contributed by atoms with Crippen LogP contribution in [0.15, 0.2) is 0 Å². The van der Waals surface area contributed by atoms with Crippen LogP contribution < -0.4 is 5.32 Å². The second-order valence-electron chi connectivity index (χ2n) is 5.76. The van der Waals surface area contributed by atoms with Crippen molar-refractivity contribution in [3.8, 4) is 0 Å². The van der Waals surface area contributed by atoms with Crippen molar-refractivity contribution in [2.24, 2.45) is 11.8 Å². The number of esters is 1. The van der Waals surface area contributed by atoms with Crippen LogP contribution in [0.25, 0.3) is 0 Å². The van der Waals surface area contributed by atoms with Crippen molar-refractivity contribution >= 4 is 11.9 Å². The number of carbonyl (C=O) groups is 2. The Labute approximate surface area is 114 Å². The summed E-state index contributed by atoms with van der Waals surface area (Å²) in [6.07, 6.45) is 3.52. The summed E-state index contributed by atoms with van der Waals surface area (Å²) in [4.78, 5) is 25.7. The maximum Gasteiger partial charge on any atom is 0.308 e. The molecule has 2 atom stereocenters. The minimum Gasteiger partial charge on any atom is -0.469 e. The Bertz CT molecular complexity index is 338. The van der Waals surface area contributed by atoms with Gasteiger partial charge in [0.25, 0.3) is 0 Å². The fourth-order valence-corrected chi connectivity index (χ4v) is 3.02. The van der Waals surface area contributed by atoms with Crippen molar-refractivity contribution in [1.82, 2.24) is 10.2 Å². The van der Waals surface area contributed by atoms with Gasteiger partial charge in [0, 0.05) is 13.1 Å². The first-order valence-corrected chi connectivity index (χ1v) is 7.21. The monoisotopic (exact) mass is 268 g/mol. The minimum atomic E-state index is -0.142. The smallest absolute Gasteiger partial charge is 0.308 e. The van der Waals surface area contributed by atoms with E-state index in [1.54, 1.807) is 0 Å². The van der Waals surface area contributed by atoms with E-state index < -0.39 is 0 Å². The summed E-state index contributed by atoms with van der Waals surface area (Å²) >= 11 is 0. The zero-order valence-electron chi connectivity index (χ0n) is 11.9. The van der Waals surface area contributed by atoms with Crippen molar-refractivity contribution in [3.63, 3.8) is 0 Å². The van der Waals surface area contributed by atoms with Gasteiger partial charge in [-0.3, -0.25) is 9.59 Å². The molecule has 1 amide bonds. The van der Waals surface area contributed by atoms with E-state index in [0.717, 1.165) is 32.2 Å². The van der Waals surface area contributed by atoms with Gasteiger partial charge >= 0.3 is 5.97 Å². The van der Waals surface area contributed by atoms with Crippen molar-refractivity contribution in [3.05, 3.63) is 0 Å². The average Bonchev–Trinajstić information content (AvgIpc) is 2.46. The van der Waals surface area contributed by atoms with E-state index in [2.05, 4.69) is 12.2 Å². The summed E-state index contributed by atoms with van der Waals surface area (Å²) in [6.45, 7) is 4.47. The summed E-state index contributed by atoms with van der Waals surface area (Å²) < 4.78 is 4.76. The van der Waals surface area contributed by atoms with Gasteiger partial charge in [0.15, 0.2) is 0 Å². The lowest BCUT2D eigenvalue weighted by Crippen LogP contribution is -2.52. The standard InChI is InChI=1S/C14H24N2O3/c1-10-3-6-15-12(9-10)13(17)16-7-4-11(5-8-16)14(18)19-2/h10-12,15H,3-9H2,1-2H3. The molecule has 0 aromatic heterocycles. The SMILES string of the molecule is COC(=O)C1CCN(C(=O)C2CC(C)CCN2)CC1. The Hall–Kier alpha value is -1.10. The number of amides is 1. The van der Waals surface area contributed by atoms with Crippen LogP contribution in [-0.4, -0.2) is 49.6 Å². The molecule has 108 valence electrons. The highest BCUT2D eigenvalue weighted by molar-refractivity contribution is 5.82. The van der Waals surface area contributed by atoms with Gasteiger partial charge in [-0.05, 0) is 38.1 Å². The van der Waals surface area contributed by atoms with Crippen molar-refractivity contribution in [2.75, 3.05) is 26.7 Å². The number of hydrogen-bond donors (Lipinski definition) is 1. The predicted molar refractivity (Wildman–Crippen MR) is 71.5 cm³/mol. The van der Waals surface area contributed by atoms with E-state index in [1.807, 2.05) is 4.90 Å². The Balaban J connectivity index is 1.83. The molecule has 0 spiro atoms. The fraction of sp³-hybridized carbons (Fsp3) is 0.857. The maximum absolute atomic E-state index is 12.4. The third-order valence-electron chi connectivity index (χ3n) is 4.31. The van der Waals surface area contributed by atoms with E-state index in [9.17, 15) is 9.59 Å². The van der Waals surface area contributed by atoms with Gasteiger partial charge in [-0.15, -0.1) is 0 Å². The fourth-order valence-electron chi connectivity index (χ4n) is 3.02. The van der Waals surface area contributed by atoms with Gasteiger partial charge in [-0.1, -0.05) is 6.92 Å². The number of ether oxygens (including phenoxy) is 1. The summed E-state index contributed by atoms with van der Waals surface area (Å²) in [7, 11) is 1.42. The quantitative estimate of drug-likeness (QED) is 0.752. The molecule has 2 heterocycles.